The Kier molecular flexibility index (Phi) is 5.67. The summed E-state index contributed by atoms with van der Waals surface area (Å²) in [5, 5.41) is 26.4. The number of aromatic amines is 1. The number of carbonyl (C=O) groups is 1. The maximum atomic E-state index is 13.2. The lowest BCUT2D eigenvalue weighted by Crippen LogP contribution is -2.99. The van der Waals surface area contributed by atoms with Crippen LogP contribution in [0.3, 0.4) is 0 Å². The first-order chi connectivity index (χ1) is 16.5. The number of methoxy groups -OCH3 is 1. The van der Waals surface area contributed by atoms with E-state index >= 15 is 0 Å². The lowest BCUT2D eigenvalue weighted by Gasteiger charge is -2.32. The Hall–Kier alpha value is -4.26. The average Bonchev–Trinajstić information content (AvgIpc) is 3.53. The number of imidazole rings is 1. The van der Waals surface area contributed by atoms with Crippen LogP contribution in [-0.2, 0) is 13.0 Å². The van der Waals surface area contributed by atoms with Gasteiger partial charge in [0.15, 0.2) is 5.69 Å². The second-order valence-electron chi connectivity index (χ2n) is 7.68. The van der Waals surface area contributed by atoms with Crippen molar-refractivity contribution in [3.63, 3.8) is 0 Å². The zero-order chi connectivity index (χ0) is 23.7. The summed E-state index contributed by atoms with van der Waals surface area (Å²) in [4.78, 5) is 26.7. The lowest BCUT2D eigenvalue weighted by atomic mass is 10.0. The second-order valence-corrected chi connectivity index (χ2v) is 7.68. The number of urea groups is 1. The smallest absolute Gasteiger partial charge is 0.322 e. The molecule has 2 amide bonds. The Morgan fingerprint density at radius 3 is 2.91 bits per heavy atom. The van der Waals surface area contributed by atoms with Gasteiger partial charge >= 0.3 is 6.03 Å². The van der Waals surface area contributed by atoms with Crippen LogP contribution in [0.1, 0.15) is 23.3 Å². The van der Waals surface area contributed by atoms with Crippen molar-refractivity contribution < 1.29 is 24.5 Å². The van der Waals surface area contributed by atoms with Crippen LogP contribution in [0, 0.1) is 5.21 Å². The van der Waals surface area contributed by atoms with Gasteiger partial charge in [-0.05, 0) is 24.3 Å². The van der Waals surface area contributed by atoms with E-state index in [9.17, 15) is 15.2 Å². The number of aromatic nitrogens is 4. The average molecular weight is 463 g/mol. The van der Waals surface area contributed by atoms with E-state index in [0.29, 0.717) is 23.4 Å². The number of rotatable bonds is 5. The van der Waals surface area contributed by atoms with Gasteiger partial charge in [0, 0.05) is 29.8 Å². The molecular weight excluding hydrogens is 442 g/mol. The highest BCUT2D eigenvalue weighted by Gasteiger charge is 2.36. The van der Waals surface area contributed by atoms with Gasteiger partial charge in [0.05, 0.1) is 31.4 Å². The fourth-order valence-electron chi connectivity index (χ4n) is 3.82. The van der Waals surface area contributed by atoms with E-state index in [2.05, 4.69) is 25.4 Å². The summed E-state index contributed by atoms with van der Waals surface area (Å²) in [5.41, 5.74) is 2.86. The fraction of sp³-hybridized carbons (Fsp3) is 0.182. The molecule has 1 aliphatic heterocycles. The summed E-state index contributed by atoms with van der Waals surface area (Å²) in [5.74, 6) is 1.15. The van der Waals surface area contributed by atoms with Gasteiger partial charge in [-0.1, -0.05) is 17.3 Å². The van der Waals surface area contributed by atoms with Crippen molar-refractivity contribution in [2.24, 2.45) is 0 Å². The number of H-pyrrole nitrogens is 1. The van der Waals surface area contributed by atoms with Crippen LogP contribution in [0.4, 0.5) is 16.2 Å². The molecular formula is C22H21N7O5. The summed E-state index contributed by atoms with van der Waals surface area (Å²) in [7, 11) is 1.57. The number of quaternary nitrogens is 1. The highest BCUT2D eigenvalue weighted by atomic mass is 16.8. The maximum absolute atomic E-state index is 13.2. The molecule has 2 atom stereocenters. The minimum Gasteiger partial charge on any atom is -0.595 e. The number of anilines is 1. The Labute approximate surface area is 193 Å². The highest BCUT2D eigenvalue weighted by Crippen LogP contribution is 2.33. The minimum atomic E-state index is -1.05. The van der Waals surface area contributed by atoms with Crippen LogP contribution in [0.25, 0.3) is 11.4 Å². The molecule has 0 aliphatic carbocycles. The van der Waals surface area contributed by atoms with Crippen molar-refractivity contribution in [2.45, 2.75) is 19.0 Å². The van der Waals surface area contributed by atoms with Gasteiger partial charge in [-0.2, -0.15) is 10.2 Å². The van der Waals surface area contributed by atoms with Crippen LogP contribution < -0.4 is 15.3 Å². The molecule has 5 rings (SSSR count). The monoisotopic (exact) mass is 463 g/mol. The standard InChI is InChI=1S/C22H21N7O5/c1-33-16-7-5-14(6-8-16)25-22(30)28-11-18-17(23-12-24-18)10-19(28)21-26-20(27-34-21)13-3-2-4-15(9-13)29(31)32/h2-9,12,19,29,31H,10-11H2,1H3,(H,23,24)(H,25,30)/t19-/m0/s1. The van der Waals surface area contributed by atoms with Gasteiger partial charge in [-0.25, -0.2) is 15.0 Å². The van der Waals surface area contributed by atoms with Crippen LogP contribution in [0.5, 0.6) is 5.75 Å². The molecule has 3 heterocycles. The molecule has 4 N–H and O–H groups in total. The normalized spacial score (nSPS) is 16.1. The number of amides is 2. The van der Waals surface area contributed by atoms with Crippen molar-refractivity contribution in [1.29, 1.82) is 0 Å². The van der Waals surface area contributed by atoms with Crippen LogP contribution in [-0.4, -0.2) is 43.4 Å². The Bertz CT molecular complexity index is 1300. The molecule has 4 aromatic rings. The van der Waals surface area contributed by atoms with Gasteiger partial charge in [0.25, 0.3) is 0 Å². The quantitative estimate of drug-likeness (QED) is 0.328. The molecule has 174 valence electrons. The molecule has 0 fully saturated rings. The first kappa shape index (κ1) is 21.6. The number of hydrogen-bond donors (Lipinski definition) is 4. The predicted molar refractivity (Wildman–Crippen MR) is 118 cm³/mol. The molecule has 12 heteroatoms. The first-order valence-electron chi connectivity index (χ1n) is 10.4. The van der Waals surface area contributed by atoms with Crippen LogP contribution >= 0.6 is 0 Å². The van der Waals surface area contributed by atoms with Crippen LogP contribution in [0.2, 0.25) is 0 Å². The summed E-state index contributed by atoms with van der Waals surface area (Å²) >= 11 is 0. The molecule has 0 saturated carbocycles. The maximum Gasteiger partial charge on any atom is 0.322 e. The van der Waals surface area contributed by atoms with Gasteiger partial charge in [-0.15, -0.1) is 0 Å². The van der Waals surface area contributed by atoms with Crippen molar-refractivity contribution in [3.8, 4) is 17.1 Å². The van der Waals surface area contributed by atoms with Crippen molar-refractivity contribution in [1.82, 2.24) is 25.0 Å². The number of nitrogens with one attached hydrogen (secondary N) is 3. The number of carbonyl (C=O) groups excluding carboxylic acids is 1. The third-order valence-corrected chi connectivity index (χ3v) is 5.60. The third-order valence-electron chi connectivity index (χ3n) is 5.60. The Morgan fingerprint density at radius 2 is 2.15 bits per heavy atom. The van der Waals surface area contributed by atoms with E-state index in [1.807, 2.05) is 0 Å². The molecule has 0 bridgehead atoms. The van der Waals surface area contributed by atoms with E-state index in [4.69, 9.17) is 9.26 Å². The molecule has 0 saturated heterocycles. The number of fused-ring (bicyclic) bond motifs is 1. The zero-order valence-electron chi connectivity index (χ0n) is 18.1. The van der Waals surface area contributed by atoms with Crippen molar-refractivity contribution >= 4 is 17.4 Å². The summed E-state index contributed by atoms with van der Waals surface area (Å²) in [6.45, 7) is 0.272. The lowest BCUT2D eigenvalue weighted by molar-refractivity contribution is -0.991. The van der Waals surface area contributed by atoms with Crippen LogP contribution in [0.15, 0.2) is 59.4 Å². The fourth-order valence-corrected chi connectivity index (χ4v) is 3.82. The van der Waals surface area contributed by atoms with E-state index in [1.54, 1.807) is 54.7 Å². The Morgan fingerprint density at radius 1 is 1.32 bits per heavy atom. The number of nitrogens with zero attached hydrogens (tertiary/aromatic N) is 4. The van der Waals surface area contributed by atoms with Gasteiger partial charge in [0.1, 0.15) is 11.8 Å². The summed E-state index contributed by atoms with van der Waals surface area (Å²) in [6.07, 6.45) is 1.97. The SMILES string of the molecule is COc1ccc(NC(=O)N2Cc3[nH]cnc3C[C@H]2c2nc(-c3cccc([NH+]([O-])O)c3)no2)cc1. The van der Waals surface area contributed by atoms with E-state index in [1.165, 1.54) is 12.1 Å². The Balaban J connectivity index is 1.42. The molecule has 2 aromatic heterocycles. The summed E-state index contributed by atoms with van der Waals surface area (Å²) < 4.78 is 10.7. The number of ether oxygens (including phenoxy) is 1. The minimum absolute atomic E-state index is 0.114. The highest BCUT2D eigenvalue weighted by molar-refractivity contribution is 5.89. The van der Waals surface area contributed by atoms with E-state index in [0.717, 1.165) is 11.4 Å². The molecule has 1 unspecified atom stereocenters. The molecule has 34 heavy (non-hydrogen) atoms. The molecule has 1 aliphatic rings. The van der Waals surface area contributed by atoms with Crippen molar-refractivity contribution in [3.05, 3.63) is 77.3 Å². The number of benzene rings is 2. The second kappa shape index (κ2) is 8.94. The number of hydrogen-bond acceptors (Lipinski definition) is 8. The first-order valence-corrected chi connectivity index (χ1v) is 10.4. The van der Waals surface area contributed by atoms with Gasteiger partial charge in [0.2, 0.25) is 11.7 Å². The molecule has 0 radical (unpaired) electrons. The molecule has 12 nitrogen and oxygen atoms in total. The third kappa shape index (κ3) is 4.20. The van der Waals surface area contributed by atoms with Gasteiger partial charge < -0.3 is 29.7 Å². The van der Waals surface area contributed by atoms with Crippen molar-refractivity contribution in [2.75, 3.05) is 12.4 Å². The van der Waals surface area contributed by atoms with E-state index < -0.39 is 11.3 Å². The van der Waals surface area contributed by atoms with Gasteiger partial charge in [-0.3, -0.25) is 0 Å². The predicted octanol–water partition coefficient (Wildman–Crippen LogP) is 2.20. The molecule has 0 spiro atoms. The zero-order valence-corrected chi connectivity index (χ0v) is 18.1. The topological polar surface area (TPSA) is 157 Å². The molecule has 2 aromatic carbocycles. The largest absolute Gasteiger partial charge is 0.595 e. The summed E-state index contributed by atoms with van der Waals surface area (Å²) in [6, 6.07) is 12.4. The van der Waals surface area contributed by atoms with E-state index in [-0.39, 0.29) is 30.0 Å².